The minimum absolute atomic E-state index is 0.0947. The fraction of sp³-hybridized carbons (Fsp3) is 0.455. The van der Waals surface area contributed by atoms with Crippen LogP contribution < -0.4 is 5.32 Å². The first-order valence-electron chi connectivity index (χ1n) is 5.24. The van der Waals surface area contributed by atoms with Crippen molar-refractivity contribution in [3.63, 3.8) is 0 Å². The SMILES string of the molecule is CC(C)(C)OC(=O)Nc1ccc(S(C)(=O)=O)cn1. The molecule has 0 fully saturated rings. The molecule has 0 radical (unpaired) electrons. The van der Waals surface area contributed by atoms with Crippen LogP contribution in [0.1, 0.15) is 20.8 Å². The first-order valence-corrected chi connectivity index (χ1v) is 7.13. The molecule has 0 saturated carbocycles. The van der Waals surface area contributed by atoms with Crippen molar-refractivity contribution in [3.8, 4) is 0 Å². The molecule has 0 atom stereocenters. The lowest BCUT2D eigenvalue weighted by atomic mass is 10.2. The van der Waals surface area contributed by atoms with Gasteiger partial charge in [0.25, 0.3) is 0 Å². The summed E-state index contributed by atoms with van der Waals surface area (Å²) in [7, 11) is -3.28. The Balaban J connectivity index is 2.73. The van der Waals surface area contributed by atoms with E-state index in [4.69, 9.17) is 4.74 Å². The van der Waals surface area contributed by atoms with E-state index < -0.39 is 21.5 Å². The number of sulfone groups is 1. The highest BCUT2D eigenvalue weighted by Gasteiger charge is 2.16. The Morgan fingerprint density at radius 2 is 1.94 bits per heavy atom. The van der Waals surface area contributed by atoms with Gasteiger partial charge in [-0.25, -0.2) is 18.2 Å². The number of nitrogens with one attached hydrogen (secondary N) is 1. The van der Waals surface area contributed by atoms with Crippen LogP contribution in [0, 0.1) is 0 Å². The van der Waals surface area contributed by atoms with Gasteiger partial charge in [0.2, 0.25) is 0 Å². The van der Waals surface area contributed by atoms with Gasteiger partial charge in [0.05, 0.1) is 4.90 Å². The molecule has 0 aliphatic rings. The van der Waals surface area contributed by atoms with Gasteiger partial charge < -0.3 is 4.74 Å². The van der Waals surface area contributed by atoms with E-state index in [1.807, 2.05) is 0 Å². The zero-order valence-corrected chi connectivity index (χ0v) is 11.5. The smallest absolute Gasteiger partial charge is 0.413 e. The quantitative estimate of drug-likeness (QED) is 0.887. The summed E-state index contributed by atoms with van der Waals surface area (Å²) in [5.74, 6) is 0.233. The van der Waals surface area contributed by atoms with Gasteiger partial charge in [-0.3, -0.25) is 5.32 Å². The lowest BCUT2D eigenvalue weighted by molar-refractivity contribution is 0.0635. The number of pyridine rings is 1. The predicted molar refractivity (Wildman–Crippen MR) is 67.2 cm³/mol. The van der Waals surface area contributed by atoms with Crippen molar-refractivity contribution in [1.82, 2.24) is 4.98 Å². The van der Waals surface area contributed by atoms with Gasteiger partial charge in [0.15, 0.2) is 9.84 Å². The maximum Gasteiger partial charge on any atom is 0.413 e. The first kappa shape index (κ1) is 14.4. The second kappa shape index (κ2) is 4.93. The maximum atomic E-state index is 11.4. The molecule has 1 heterocycles. The van der Waals surface area contributed by atoms with E-state index in [0.29, 0.717) is 0 Å². The van der Waals surface area contributed by atoms with Crippen molar-refractivity contribution in [2.45, 2.75) is 31.3 Å². The highest BCUT2D eigenvalue weighted by atomic mass is 32.2. The lowest BCUT2D eigenvalue weighted by Gasteiger charge is -2.19. The summed E-state index contributed by atoms with van der Waals surface area (Å²) < 4.78 is 27.4. The third-order valence-electron chi connectivity index (χ3n) is 1.79. The molecule has 0 unspecified atom stereocenters. The molecule has 0 saturated heterocycles. The molecule has 100 valence electrons. The zero-order valence-electron chi connectivity index (χ0n) is 10.7. The fourth-order valence-corrected chi connectivity index (χ4v) is 1.64. The number of nitrogens with zero attached hydrogens (tertiary/aromatic N) is 1. The van der Waals surface area contributed by atoms with E-state index in [2.05, 4.69) is 10.3 Å². The molecule has 0 spiro atoms. The minimum atomic E-state index is -3.28. The van der Waals surface area contributed by atoms with Crippen molar-refractivity contribution in [2.24, 2.45) is 0 Å². The average molecular weight is 272 g/mol. The van der Waals surface area contributed by atoms with Crippen LogP contribution in [0.3, 0.4) is 0 Å². The second-order valence-electron chi connectivity index (χ2n) is 4.78. The molecular weight excluding hydrogens is 256 g/mol. The highest BCUT2D eigenvalue weighted by molar-refractivity contribution is 7.90. The minimum Gasteiger partial charge on any atom is -0.444 e. The van der Waals surface area contributed by atoms with E-state index in [1.165, 1.54) is 18.3 Å². The van der Waals surface area contributed by atoms with Crippen LogP contribution in [0.25, 0.3) is 0 Å². The number of ether oxygens (including phenoxy) is 1. The fourth-order valence-electron chi connectivity index (χ4n) is 1.08. The van der Waals surface area contributed by atoms with Crippen molar-refractivity contribution < 1.29 is 17.9 Å². The largest absolute Gasteiger partial charge is 0.444 e. The Kier molecular flexibility index (Phi) is 3.95. The van der Waals surface area contributed by atoms with E-state index in [0.717, 1.165) is 6.26 Å². The van der Waals surface area contributed by atoms with Crippen LogP contribution in [0.2, 0.25) is 0 Å². The van der Waals surface area contributed by atoms with Crippen molar-refractivity contribution in [2.75, 3.05) is 11.6 Å². The summed E-state index contributed by atoms with van der Waals surface area (Å²) in [6.45, 7) is 5.23. The zero-order chi connectivity index (χ0) is 14.0. The molecule has 1 aromatic rings. The average Bonchev–Trinajstić information content (AvgIpc) is 2.13. The number of hydrogen-bond donors (Lipinski definition) is 1. The van der Waals surface area contributed by atoms with E-state index in [-0.39, 0.29) is 10.7 Å². The third-order valence-corrected chi connectivity index (χ3v) is 2.89. The van der Waals surface area contributed by atoms with Crippen LogP contribution in [0.4, 0.5) is 10.6 Å². The molecule has 0 bridgehead atoms. The number of aromatic nitrogens is 1. The van der Waals surface area contributed by atoms with E-state index >= 15 is 0 Å². The molecule has 1 amide bonds. The summed E-state index contributed by atoms with van der Waals surface area (Å²) >= 11 is 0. The van der Waals surface area contributed by atoms with E-state index in [1.54, 1.807) is 20.8 Å². The Labute approximate surface area is 106 Å². The number of rotatable bonds is 2. The first-order chi connectivity index (χ1) is 8.08. The van der Waals surface area contributed by atoms with Crippen molar-refractivity contribution >= 4 is 21.7 Å². The Bertz CT molecular complexity index is 529. The van der Waals surface area contributed by atoms with Gasteiger partial charge in [0.1, 0.15) is 11.4 Å². The Morgan fingerprint density at radius 1 is 1.33 bits per heavy atom. The van der Waals surface area contributed by atoms with Gasteiger partial charge in [0, 0.05) is 12.5 Å². The summed E-state index contributed by atoms with van der Waals surface area (Å²) in [5, 5.41) is 2.41. The predicted octanol–water partition coefficient (Wildman–Crippen LogP) is 1.83. The molecule has 1 rings (SSSR count). The monoisotopic (exact) mass is 272 g/mol. The Hall–Kier alpha value is -1.63. The van der Waals surface area contributed by atoms with Crippen molar-refractivity contribution in [3.05, 3.63) is 18.3 Å². The third kappa shape index (κ3) is 4.70. The van der Waals surface area contributed by atoms with Crippen LogP contribution >= 0.6 is 0 Å². The highest BCUT2D eigenvalue weighted by Crippen LogP contribution is 2.12. The topological polar surface area (TPSA) is 85.4 Å². The van der Waals surface area contributed by atoms with Gasteiger partial charge in [-0.15, -0.1) is 0 Å². The molecule has 1 N–H and O–H groups in total. The summed E-state index contributed by atoms with van der Waals surface area (Å²) in [4.78, 5) is 15.3. The van der Waals surface area contributed by atoms with Gasteiger partial charge in [-0.1, -0.05) is 0 Å². The van der Waals surface area contributed by atoms with Gasteiger partial charge in [-0.05, 0) is 32.9 Å². The molecule has 7 heteroatoms. The molecule has 0 aromatic carbocycles. The molecular formula is C11H16N2O4S. The lowest BCUT2D eigenvalue weighted by Crippen LogP contribution is -2.27. The Morgan fingerprint density at radius 3 is 2.33 bits per heavy atom. The molecule has 18 heavy (non-hydrogen) atoms. The number of carbonyl (C=O) groups is 1. The normalized spacial score (nSPS) is 12.0. The summed E-state index contributed by atoms with van der Waals surface area (Å²) in [6.07, 6.45) is 1.63. The summed E-state index contributed by atoms with van der Waals surface area (Å²) in [6, 6.07) is 2.77. The van der Waals surface area contributed by atoms with Crippen LogP contribution in [-0.4, -0.2) is 31.4 Å². The molecule has 1 aromatic heterocycles. The van der Waals surface area contributed by atoms with Crippen LogP contribution in [0.5, 0.6) is 0 Å². The number of carbonyl (C=O) groups excluding carboxylic acids is 1. The van der Waals surface area contributed by atoms with Crippen LogP contribution in [0.15, 0.2) is 23.2 Å². The standard InChI is InChI=1S/C11H16N2O4S/c1-11(2,3)17-10(14)13-9-6-5-8(7-12-9)18(4,15)16/h5-7H,1-4H3,(H,12,13,14). The van der Waals surface area contributed by atoms with Gasteiger partial charge in [-0.2, -0.15) is 0 Å². The molecule has 6 nitrogen and oxygen atoms in total. The second-order valence-corrected chi connectivity index (χ2v) is 6.79. The van der Waals surface area contributed by atoms with Gasteiger partial charge >= 0.3 is 6.09 Å². The maximum absolute atomic E-state index is 11.4. The molecule has 0 aliphatic heterocycles. The van der Waals surface area contributed by atoms with E-state index in [9.17, 15) is 13.2 Å². The summed E-state index contributed by atoms with van der Waals surface area (Å²) in [5.41, 5.74) is -0.600. The van der Waals surface area contributed by atoms with Crippen molar-refractivity contribution in [1.29, 1.82) is 0 Å². The molecule has 0 aliphatic carbocycles. The number of amides is 1. The van der Waals surface area contributed by atoms with Crippen LogP contribution in [-0.2, 0) is 14.6 Å². The number of anilines is 1. The number of hydrogen-bond acceptors (Lipinski definition) is 5.